The van der Waals surface area contributed by atoms with Crippen LogP contribution in [0.3, 0.4) is 0 Å². The average Bonchev–Trinajstić information content (AvgIpc) is 2.92. The number of nitrogens with one attached hydrogen (secondary N) is 4. The van der Waals surface area contributed by atoms with Crippen molar-refractivity contribution in [3.63, 3.8) is 0 Å². The largest absolute Gasteiger partial charge is 1.00 e. The van der Waals surface area contributed by atoms with Crippen LogP contribution in [0.5, 0.6) is 0 Å². The number of urea groups is 2. The van der Waals surface area contributed by atoms with E-state index in [0.29, 0.717) is 11.4 Å². The monoisotopic (exact) mass is 652 g/mol. The van der Waals surface area contributed by atoms with Crippen molar-refractivity contribution in [1.82, 2.24) is 0 Å². The van der Waals surface area contributed by atoms with E-state index in [1.54, 1.807) is 60.7 Å². The number of benzene rings is 4. The van der Waals surface area contributed by atoms with Crippen molar-refractivity contribution in [2.24, 2.45) is 0 Å². The van der Waals surface area contributed by atoms with Crippen molar-refractivity contribution in [1.29, 1.82) is 0 Å². The Bertz CT molecular complexity index is 1740. The molecule has 0 heterocycles. The number of hydrogen-bond donors (Lipinski definition) is 4. The zero-order chi connectivity index (χ0) is 30.3. The molecule has 44 heavy (non-hydrogen) atoms. The molecule has 0 spiro atoms. The Morgan fingerprint density at radius 3 is 1.14 bits per heavy atom. The topological polar surface area (TPSA) is 197 Å². The predicted molar refractivity (Wildman–Crippen MR) is 156 cm³/mol. The third kappa shape index (κ3) is 10.9. The number of rotatable bonds is 8. The molecule has 0 fully saturated rings. The molecule has 0 aliphatic rings. The third-order valence-corrected chi connectivity index (χ3v) is 7.37. The van der Waals surface area contributed by atoms with E-state index in [1.807, 2.05) is 0 Å². The van der Waals surface area contributed by atoms with Crippen molar-refractivity contribution in [3.05, 3.63) is 108 Å². The molecule has 4 aromatic rings. The van der Waals surface area contributed by atoms with Gasteiger partial charge in [0.15, 0.2) is 0 Å². The number of para-hydroxylation sites is 2. The maximum atomic E-state index is 12.3. The van der Waals surface area contributed by atoms with Crippen LogP contribution in [0.4, 0.5) is 32.3 Å². The number of carbonyl (C=O) groups is 2. The summed E-state index contributed by atoms with van der Waals surface area (Å²) in [5, 5.41) is 9.96. The first-order valence-corrected chi connectivity index (χ1v) is 14.8. The van der Waals surface area contributed by atoms with E-state index in [2.05, 4.69) is 21.3 Å². The van der Waals surface area contributed by atoms with Crippen molar-refractivity contribution in [3.8, 4) is 0 Å². The SMILES string of the molecule is O=C(Nc1ccccc1)Nc1ccc(C=Cc2ccc(NC(=O)Nc3ccccc3)cc2S(=O)(=O)[O-])c(S(=O)(=O)[O-])c1.[Na+].[Na+]. The molecule has 216 valence electrons. The Labute approximate surface area is 298 Å². The first-order valence-electron chi connectivity index (χ1n) is 12.0. The summed E-state index contributed by atoms with van der Waals surface area (Å²) in [6.45, 7) is 0. The summed E-state index contributed by atoms with van der Waals surface area (Å²) in [7, 11) is -10.1. The third-order valence-electron chi connectivity index (χ3n) is 5.59. The van der Waals surface area contributed by atoms with Gasteiger partial charge in [0.25, 0.3) is 0 Å². The molecule has 0 radical (unpaired) electrons. The van der Waals surface area contributed by atoms with Gasteiger partial charge in [-0.25, -0.2) is 26.4 Å². The smallest absolute Gasteiger partial charge is 0.744 e. The van der Waals surface area contributed by atoms with Crippen molar-refractivity contribution in [2.45, 2.75) is 9.79 Å². The molecule has 0 aromatic heterocycles. The Morgan fingerprint density at radius 2 is 0.818 bits per heavy atom. The summed E-state index contributed by atoms with van der Waals surface area (Å²) in [6, 6.07) is 22.6. The van der Waals surface area contributed by atoms with Crippen LogP contribution >= 0.6 is 0 Å². The van der Waals surface area contributed by atoms with Gasteiger partial charge >= 0.3 is 71.2 Å². The van der Waals surface area contributed by atoms with E-state index in [0.717, 1.165) is 24.3 Å². The van der Waals surface area contributed by atoms with E-state index >= 15 is 0 Å². The molecule has 4 N–H and O–H groups in total. The fraction of sp³-hybridized carbons (Fsp3) is 0. The molecule has 0 unspecified atom stereocenters. The molecule has 0 bridgehead atoms. The maximum absolute atomic E-state index is 12.3. The first kappa shape index (κ1) is 37.2. The number of amides is 4. The quantitative estimate of drug-likeness (QED) is 0.105. The summed E-state index contributed by atoms with van der Waals surface area (Å²) >= 11 is 0. The molecule has 0 aliphatic carbocycles. The van der Waals surface area contributed by atoms with Crippen LogP contribution in [0, 0.1) is 0 Å². The van der Waals surface area contributed by atoms with Crippen LogP contribution in [0.2, 0.25) is 0 Å². The standard InChI is InChI=1S/C28H24N4O8S2.2Na/c33-27(29-21-7-3-1-4-8-21)31-23-15-13-19(25(17-23)41(35,36)37)11-12-20-14-16-24(18-26(20)42(38,39)40)32-28(34)30-22-9-5-2-6-10-22;;/h1-18H,(H2,29,31,33)(H2,30,32,34)(H,35,36,37)(H,38,39,40);;/q;2*+1/p-2. The van der Waals surface area contributed by atoms with Crippen LogP contribution < -0.4 is 80.4 Å². The summed E-state index contributed by atoms with van der Waals surface area (Å²) < 4.78 is 71.9. The van der Waals surface area contributed by atoms with Gasteiger partial charge in [-0.15, -0.1) is 0 Å². The van der Waals surface area contributed by atoms with Crippen LogP contribution in [-0.2, 0) is 20.2 Å². The van der Waals surface area contributed by atoms with Crippen LogP contribution in [0.1, 0.15) is 11.1 Å². The van der Waals surface area contributed by atoms with E-state index in [-0.39, 0.29) is 81.6 Å². The van der Waals surface area contributed by atoms with Crippen molar-refractivity contribution < 1.29 is 94.6 Å². The van der Waals surface area contributed by atoms with E-state index in [9.17, 15) is 35.5 Å². The van der Waals surface area contributed by atoms with Gasteiger partial charge in [0.1, 0.15) is 20.2 Å². The first-order chi connectivity index (χ1) is 19.9. The number of anilines is 4. The summed E-state index contributed by atoms with van der Waals surface area (Å²) in [6.07, 6.45) is 2.27. The van der Waals surface area contributed by atoms with Crippen LogP contribution in [0.25, 0.3) is 12.2 Å². The molecular formula is C28H22N4Na2O8S2. The normalized spacial score (nSPS) is 11.0. The summed E-state index contributed by atoms with van der Waals surface area (Å²) in [5.41, 5.74) is 0.710. The Balaban J connectivity index is 0.00000337. The fourth-order valence-electron chi connectivity index (χ4n) is 3.74. The van der Waals surface area contributed by atoms with Crippen molar-refractivity contribution >= 4 is 67.2 Å². The van der Waals surface area contributed by atoms with Crippen LogP contribution in [-0.4, -0.2) is 38.0 Å². The van der Waals surface area contributed by atoms with Gasteiger partial charge in [0.05, 0.1) is 9.79 Å². The summed E-state index contributed by atoms with van der Waals surface area (Å²) in [5.74, 6) is 0. The molecular weight excluding hydrogens is 630 g/mol. The maximum Gasteiger partial charge on any atom is 1.00 e. The number of carbonyl (C=O) groups excluding carboxylic acids is 2. The van der Waals surface area contributed by atoms with E-state index in [4.69, 9.17) is 0 Å². The molecule has 12 nitrogen and oxygen atoms in total. The molecule has 0 saturated carbocycles. The zero-order valence-electron chi connectivity index (χ0n) is 23.5. The summed E-state index contributed by atoms with van der Waals surface area (Å²) in [4.78, 5) is 23.2. The second kappa shape index (κ2) is 16.3. The van der Waals surface area contributed by atoms with Crippen molar-refractivity contribution in [2.75, 3.05) is 21.3 Å². The Hall–Kier alpha value is -3.02. The second-order valence-corrected chi connectivity index (χ2v) is 11.3. The van der Waals surface area contributed by atoms with Gasteiger partial charge in [-0.2, -0.15) is 0 Å². The van der Waals surface area contributed by atoms with Crippen LogP contribution in [0.15, 0.2) is 107 Å². The zero-order valence-corrected chi connectivity index (χ0v) is 29.1. The van der Waals surface area contributed by atoms with Gasteiger partial charge < -0.3 is 30.4 Å². The Kier molecular flexibility index (Phi) is 13.8. The van der Waals surface area contributed by atoms with Gasteiger partial charge in [-0.3, -0.25) is 0 Å². The molecule has 0 saturated heterocycles. The van der Waals surface area contributed by atoms with Gasteiger partial charge in [-0.1, -0.05) is 60.7 Å². The average molecular weight is 653 g/mol. The van der Waals surface area contributed by atoms with E-state index < -0.39 is 42.1 Å². The molecule has 4 amide bonds. The predicted octanol–water partition coefficient (Wildman–Crippen LogP) is -1.04. The second-order valence-electron chi connectivity index (χ2n) is 8.64. The minimum absolute atomic E-state index is 0. The van der Waals surface area contributed by atoms with E-state index in [1.165, 1.54) is 24.3 Å². The molecule has 4 aromatic carbocycles. The number of hydrogen-bond acceptors (Lipinski definition) is 8. The fourth-order valence-corrected chi connectivity index (χ4v) is 5.13. The van der Waals surface area contributed by atoms with Gasteiger partial charge in [0.2, 0.25) is 0 Å². The molecule has 0 aliphatic heterocycles. The minimum Gasteiger partial charge on any atom is -0.744 e. The minimum atomic E-state index is -5.05. The molecule has 0 atom stereocenters. The van der Waals surface area contributed by atoms with Gasteiger partial charge in [0, 0.05) is 22.7 Å². The molecule has 4 rings (SSSR count). The molecule has 16 heteroatoms. The Morgan fingerprint density at radius 1 is 0.500 bits per heavy atom. The van der Waals surface area contributed by atoms with Gasteiger partial charge in [-0.05, 0) is 59.7 Å².